The standard InChI is InChI=1S/C13H15N3O/c14-10-11-4-6-12(7-5-11)15-13(17)16-8-2-1-3-9-16/h4-7H,1-3,8-9H2,(H,15,17). The van der Waals surface area contributed by atoms with Crippen molar-refractivity contribution in [2.75, 3.05) is 18.4 Å². The van der Waals surface area contributed by atoms with Crippen LogP contribution in [-0.2, 0) is 0 Å². The predicted octanol–water partition coefficient (Wildman–Crippen LogP) is 2.58. The van der Waals surface area contributed by atoms with Crippen LogP contribution < -0.4 is 5.32 Å². The molecule has 2 rings (SSSR count). The maximum absolute atomic E-state index is 11.9. The molecule has 0 aliphatic carbocycles. The Hall–Kier alpha value is -2.02. The van der Waals surface area contributed by atoms with Crippen molar-refractivity contribution >= 4 is 11.7 Å². The number of amides is 2. The van der Waals surface area contributed by atoms with E-state index in [1.807, 2.05) is 11.0 Å². The van der Waals surface area contributed by atoms with E-state index < -0.39 is 0 Å². The summed E-state index contributed by atoms with van der Waals surface area (Å²) in [5, 5.41) is 11.5. The first-order chi connectivity index (χ1) is 8.29. The molecule has 0 aromatic heterocycles. The molecule has 1 heterocycles. The van der Waals surface area contributed by atoms with Gasteiger partial charge in [0, 0.05) is 18.8 Å². The molecule has 1 aliphatic heterocycles. The van der Waals surface area contributed by atoms with Crippen molar-refractivity contribution in [1.82, 2.24) is 4.90 Å². The maximum atomic E-state index is 11.9. The van der Waals surface area contributed by atoms with Gasteiger partial charge in [-0.2, -0.15) is 5.26 Å². The second-order valence-electron chi connectivity index (χ2n) is 4.17. The molecule has 1 aromatic carbocycles. The van der Waals surface area contributed by atoms with Gasteiger partial charge in [0.05, 0.1) is 11.6 Å². The Morgan fingerprint density at radius 2 is 1.82 bits per heavy atom. The molecule has 1 fully saturated rings. The molecule has 4 nitrogen and oxygen atoms in total. The highest BCUT2D eigenvalue weighted by Gasteiger charge is 2.15. The predicted molar refractivity (Wildman–Crippen MR) is 65.6 cm³/mol. The van der Waals surface area contributed by atoms with Gasteiger partial charge in [-0.05, 0) is 43.5 Å². The smallest absolute Gasteiger partial charge is 0.321 e. The van der Waals surface area contributed by atoms with E-state index in [0.29, 0.717) is 5.56 Å². The van der Waals surface area contributed by atoms with Crippen LogP contribution in [-0.4, -0.2) is 24.0 Å². The van der Waals surface area contributed by atoms with Gasteiger partial charge in [0.1, 0.15) is 0 Å². The highest BCUT2D eigenvalue weighted by molar-refractivity contribution is 5.89. The summed E-state index contributed by atoms with van der Waals surface area (Å²) in [5.74, 6) is 0. The van der Waals surface area contributed by atoms with Crippen molar-refractivity contribution in [2.24, 2.45) is 0 Å². The third kappa shape index (κ3) is 2.97. The molecule has 2 amide bonds. The van der Waals surface area contributed by atoms with Crippen molar-refractivity contribution < 1.29 is 4.79 Å². The average Bonchev–Trinajstić information content (AvgIpc) is 2.40. The van der Waals surface area contributed by atoms with E-state index in [2.05, 4.69) is 5.32 Å². The van der Waals surface area contributed by atoms with Gasteiger partial charge in [-0.15, -0.1) is 0 Å². The molecule has 1 N–H and O–H groups in total. The first-order valence-corrected chi connectivity index (χ1v) is 5.86. The average molecular weight is 229 g/mol. The minimum Gasteiger partial charge on any atom is -0.325 e. The van der Waals surface area contributed by atoms with Gasteiger partial charge in [0.15, 0.2) is 0 Å². The summed E-state index contributed by atoms with van der Waals surface area (Å²) < 4.78 is 0. The molecule has 0 atom stereocenters. The van der Waals surface area contributed by atoms with Crippen molar-refractivity contribution in [2.45, 2.75) is 19.3 Å². The maximum Gasteiger partial charge on any atom is 0.321 e. The first-order valence-electron chi connectivity index (χ1n) is 5.86. The van der Waals surface area contributed by atoms with E-state index in [-0.39, 0.29) is 6.03 Å². The van der Waals surface area contributed by atoms with Gasteiger partial charge in [0.2, 0.25) is 0 Å². The van der Waals surface area contributed by atoms with Crippen LogP contribution in [0.3, 0.4) is 0 Å². The topological polar surface area (TPSA) is 56.1 Å². The summed E-state index contributed by atoms with van der Waals surface area (Å²) in [7, 11) is 0. The number of nitrogens with one attached hydrogen (secondary N) is 1. The Morgan fingerprint density at radius 1 is 1.18 bits per heavy atom. The number of benzene rings is 1. The van der Waals surface area contributed by atoms with Crippen LogP contribution in [0, 0.1) is 11.3 Å². The van der Waals surface area contributed by atoms with Gasteiger partial charge >= 0.3 is 6.03 Å². The lowest BCUT2D eigenvalue weighted by Gasteiger charge is -2.26. The Bertz CT molecular complexity index is 427. The van der Waals surface area contributed by atoms with Crippen LogP contribution in [0.1, 0.15) is 24.8 Å². The molecule has 1 saturated heterocycles. The normalized spacial score (nSPS) is 15.1. The lowest BCUT2D eigenvalue weighted by molar-refractivity contribution is 0.200. The number of nitriles is 1. The monoisotopic (exact) mass is 229 g/mol. The summed E-state index contributed by atoms with van der Waals surface area (Å²) >= 11 is 0. The second-order valence-corrected chi connectivity index (χ2v) is 4.17. The van der Waals surface area contributed by atoms with Gasteiger partial charge in [-0.25, -0.2) is 4.79 Å². The number of nitrogens with zero attached hydrogens (tertiary/aromatic N) is 2. The Kier molecular flexibility index (Phi) is 3.61. The van der Waals surface area contributed by atoms with Crippen molar-refractivity contribution in [3.05, 3.63) is 29.8 Å². The van der Waals surface area contributed by atoms with Crippen LogP contribution in [0.15, 0.2) is 24.3 Å². The number of carbonyl (C=O) groups excluding carboxylic acids is 1. The number of hydrogen-bond donors (Lipinski definition) is 1. The Labute approximate surface area is 101 Å². The third-order valence-corrected chi connectivity index (χ3v) is 2.91. The third-order valence-electron chi connectivity index (χ3n) is 2.91. The zero-order chi connectivity index (χ0) is 12.1. The van der Waals surface area contributed by atoms with Gasteiger partial charge < -0.3 is 10.2 Å². The highest BCUT2D eigenvalue weighted by atomic mass is 16.2. The van der Waals surface area contributed by atoms with E-state index >= 15 is 0 Å². The Balaban J connectivity index is 1.95. The summed E-state index contributed by atoms with van der Waals surface area (Å²) in [6.45, 7) is 1.67. The van der Waals surface area contributed by atoms with Crippen molar-refractivity contribution in [1.29, 1.82) is 5.26 Å². The number of likely N-dealkylation sites (tertiary alicyclic amines) is 1. The quantitative estimate of drug-likeness (QED) is 0.804. The summed E-state index contributed by atoms with van der Waals surface area (Å²) in [5.41, 5.74) is 1.33. The minimum absolute atomic E-state index is 0.0468. The molecule has 1 aromatic rings. The van der Waals surface area contributed by atoms with Gasteiger partial charge in [-0.1, -0.05) is 0 Å². The number of urea groups is 1. The Morgan fingerprint density at radius 3 is 2.41 bits per heavy atom. The van der Waals surface area contributed by atoms with E-state index in [0.717, 1.165) is 31.6 Å². The number of piperidine rings is 1. The zero-order valence-electron chi connectivity index (χ0n) is 9.65. The van der Waals surface area contributed by atoms with Gasteiger partial charge in [-0.3, -0.25) is 0 Å². The van der Waals surface area contributed by atoms with E-state index in [1.165, 1.54) is 6.42 Å². The SMILES string of the molecule is N#Cc1ccc(NC(=O)N2CCCCC2)cc1. The van der Waals surface area contributed by atoms with Crippen molar-refractivity contribution in [3.8, 4) is 6.07 Å². The fraction of sp³-hybridized carbons (Fsp3) is 0.385. The first kappa shape index (κ1) is 11.5. The molecular formula is C13H15N3O. The fourth-order valence-corrected chi connectivity index (χ4v) is 1.93. The molecule has 0 bridgehead atoms. The second kappa shape index (κ2) is 5.35. The lowest BCUT2D eigenvalue weighted by Crippen LogP contribution is -2.38. The number of carbonyl (C=O) groups is 1. The van der Waals surface area contributed by atoms with Gasteiger partial charge in [0.25, 0.3) is 0 Å². The summed E-state index contributed by atoms with van der Waals surface area (Å²) in [4.78, 5) is 13.7. The van der Waals surface area contributed by atoms with Crippen LogP contribution in [0.4, 0.5) is 10.5 Å². The fourth-order valence-electron chi connectivity index (χ4n) is 1.93. The van der Waals surface area contributed by atoms with Crippen LogP contribution in [0.2, 0.25) is 0 Å². The molecule has 1 aliphatic rings. The van der Waals surface area contributed by atoms with E-state index in [1.54, 1.807) is 24.3 Å². The van der Waals surface area contributed by atoms with Crippen LogP contribution >= 0.6 is 0 Å². The van der Waals surface area contributed by atoms with Crippen LogP contribution in [0.25, 0.3) is 0 Å². The molecule has 17 heavy (non-hydrogen) atoms. The number of hydrogen-bond acceptors (Lipinski definition) is 2. The molecular weight excluding hydrogens is 214 g/mol. The zero-order valence-corrected chi connectivity index (χ0v) is 9.65. The molecule has 4 heteroatoms. The summed E-state index contributed by atoms with van der Waals surface area (Å²) in [6.07, 6.45) is 3.38. The van der Waals surface area contributed by atoms with Crippen molar-refractivity contribution in [3.63, 3.8) is 0 Å². The lowest BCUT2D eigenvalue weighted by atomic mass is 10.1. The molecule has 0 spiro atoms. The highest BCUT2D eigenvalue weighted by Crippen LogP contribution is 2.13. The molecule has 88 valence electrons. The van der Waals surface area contributed by atoms with Crippen LogP contribution in [0.5, 0.6) is 0 Å². The molecule has 0 radical (unpaired) electrons. The largest absolute Gasteiger partial charge is 0.325 e. The minimum atomic E-state index is -0.0468. The number of rotatable bonds is 1. The molecule has 0 saturated carbocycles. The molecule has 0 unspecified atom stereocenters. The number of anilines is 1. The van der Waals surface area contributed by atoms with E-state index in [4.69, 9.17) is 5.26 Å². The van der Waals surface area contributed by atoms with E-state index in [9.17, 15) is 4.79 Å². The summed E-state index contributed by atoms with van der Waals surface area (Å²) in [6, 6.07) is 8.90.